The van der Waals surface area contributed by atoms with Gasteiger partial charge in [-0.05, 0) is 43.3 Å². The highest BCUT2D eigenvalue weighted by molar-refractivity contribution is 5.85. The zero-order chi connectivity index (χ0) is 10.1. The van der Waals surface area contributed by atoms with E-state index in [0.717, 1.165) is 6.54 Å². The highest BCUT2D eigenvalue weighted by Crippen LogP contribution is 2.23. The fourth-order valence-corrected chi connectivity index (χ4v) is 2.45. The molecule has 1 aromatic carbocycles. The summed E-state index contributed by atoms with van der Waals surface area (Å²) in [5.74, 6) is 0. The lowest BCUT2D eigenvalue weighted by Crippen LogP contribution is -2.30. The number of halogens is 1. The largest absolute Gasteiger partial charge is 0.331 e. The van der Waals surface area contributed by atoms with Crippen molar-refractivity contribution in [2.24, 2.45) is 0 Å². The Morgan fingerprint density at radius 3 is 2.81 bits per heavy atom. The van der Waals surface area contributed by atoms with Crippen LogP contribution in [-0.2, 0) is 0 Å². The fourth-order valence-electron chi connectivity index (χ4n) is 2.45. The van der Waals surface area contributed by atoms with Crippen molar-refractivity contribution < 1.29 is 0 Å². The Kier molecular flexibility index (Phi) is 3.52. The van der Waals surface area contributed by atoms with Crippen LogP contribution in [0.25, 0.3) is 10.9 Å². The van der Waals surface area contributed by atoms with Crippen LogP contribution in [0, 0.1) is 0 Å². The van der Waals surface area contributed by atoms with Crippen molar-refractivity contribution in [2.45, 2.75) is 25.4 Å². The Bertz CT molecular complexity index is 458. The molecule has 2 aromatic rings. The smallest absolute Gasteiger partial charge is 0.0839 e. The first kappa shape index (κ1) is 11.5. The van der Waals surface area contributed by atoms with Crippen molar-refractivity contribution in [3.8, 4) is 0 Å². The molecule has 1 aliphatic heterocycles. The number of para-hydroxylation sites is 1. The summed E-state index contributed by atoms with van der Waals surface area (Å²) in [5, 5.41) is 4.91. The van der Waals surface area contributed by atoms with Crippen LogP contribution in [0.4, 0.5) is 0 Å². The second-order valence-corrected chi connectivity index (χ2v) is 4.25. The summed E-state index contributed by atoms with van der Waals surface area (Å²) in [4.78, 5) is 0. The first-order chi connectivity index (χ1) is 7.45. The first-order valence-electron chi connectivity index (χ1n) is 5.74. The van der Waals surface area contributed by atoms with E-state index in [4.69, 9.17) is 0 Å². The number of hydrogen-bond donors (Lipinski definition) is 1. The second kappa shape index (κ2) is 4.89. The van der Waals surface area contributed by atoms with Crippen molar-refractivity contribution in [1.29, 1.82) is 0 Å². The van der Waals surface area contributed by atoms with E-state index >= 15 is 0 Å². The third kappa shape index (κ3) is 1.95. The van der Waals surface area contributed by atoms with Crippen LogP contribution in [0.3, 0.4) is 0 Å². The molecule has 0 saturated carbocycles. The molecule has 16 heavy (non-hydrogen) atoms. The topological polar surface area (TPSA) is 17.0 Å². The molecule has 1 N–H and O–H groups in total. The molecule has 1 unspecified atom stereocenters. The summed E-state index contributed by atoms with van der Waals surface area (Å²) < 4.78 is 2.37. The predicted octanol–water partition coefficient (Wildman–Crippen LogP) is 3.34. The van der Waals surface area contributed by atoms with Crippen molar-refractivity contribution >= 4 is 23.3 Å². The highest BCUT2D eigenvalue weighted by atomic mass is 35.5. The van der Waals surface area contributed by atoms with E-state index in [1.54, 1.807) is 0 Å². The fraction of sp³-hybridized carbons (Fsp3) is 0.385. The molecule has 2 heterocycles. The van der Waals surface area contributed by atoms with Gasteiger partial charge in [0.2, 0.25) is 0 Å². The van der Waals surface area contributed by atoms with Gasteiger partial charge in [-0.2, -0.15) is 0 Å². The van der Waals surface area contributed by atoms with Gasteiger partial charge in [-0.15, -0.1) is 12.4 Å². The molecule has 2 nitrogen and oxygen atoms in total. The average Bonchev–Trinajstić information content (AvgIpc) is 2.74. The maximum atomic E-state index is 3.58. The van der Waals surface area contributed by atoms with Crippen LogP contribution in [0.5, 0.6) is 0 Å². The third-order valence-electron chi connectivity index (χ3n) is 3.25. The van der Waals surface area contributed by atoms with Crippen molar-refractivity contribution in [2.75, 3.05) is 6.54 Å². The molecule has 3 rings (SSSR count). The van der Waals surface area contributed by atoms with E-state index in [0.29, 0.717) is 6.17 Å². The van der Waals surface area contributed by atoms with Crippen LogP contribution < -0.4 is 5.32 Å². The molecular formula is C13H17ClN2. The van der Waals surface area contributed by atoms with E-state index in [9.17, 15) is 0 Å². The lowest BCUT2D eigenvalue weighted by molar-refractivity contribution is 0.328. The van der Waals surface area contributed by atoms with Gasteiger partial charge in [0.25, 0.3) is 0 Å². The molecule has 0 radical (unpaired) electrons. The number of aromatic nitrogens is 1. The van der Waals surface area contributed by atoms with Crippen molar-refractivity contribution in [3.05, 3.63) is 36.5 Å². The molecule has 1 aromatic heterocycles. The van der Waals surface area contributed by atoms with Crippen LogP contribution in [0.2, 0.25) is 0 Å². The number of fused-ring (bicyclic) bond motifs is 1. The molecule has 1 aliphatic rings. The predicted molar refractivity (Wildman–Crippen MR) is 70.1 cm³/mol. The Hall–Kier alpha value is -0.990. The zero-order valence-corrected chi connectivity index (χ0v) is 10.0. The molecule has 0 aliphatic carbocycles. The van der Waals surface area contributed by atoms with Crippen molar-refractivity contribution in [1.82, 2.24) is 9.88 Å². The minimum Gasteiger partial charge on any atom is -0.331 e. The molecular weight excluding hydrogens is 220 g/mol. The Morgan fingerprint density at radius 2 is 2.00 bits per heavy atom. The minimum atomic E-state index is 0. The summed E-state index contributed by atoms with van der Waals surface area (Å²) in [5.41, 5.74) is 1.34. The normalized spacial score (nSPS) is 20.6. The zero-order valence-electron chi connectivity index (χ0n) is 9.23. The number of rotatable bonds is 1. The standard InChI is InChI=1S/C13H16N2.ClH/c1-2-6-12-11(5-1)8-10-15(12)13-7-3-4-9-14-13;/h1-2,5-6,8,10,13-14H,3-4,7,9H2;1H. The Balaban J connectivity index is 0.000000963. The minimum absolute atomic E-state index is 0. The summed E-state index contributed by atoms with van der Waals surface area (Å²) in [7, 11) is 0. The maximum Gasteiger partial charge on any atom is 0.0839 e. The third-order valence-corrected chi connectivity index (χ3v) is 3.25. The number of hydrogen-bond acceptors (Lipinski definition) is 1. The lowest BCUT2D eigenvalue weighted by Gasteiger charge is -2.25. The molecule has 1 fully saturated rings. The molecule has 1 atom stereocenters. The average molecular weight is 237 g/mol. The number of nitrogens with one attached hydrogen (secondary N) is 1. The van der Waals surface area contributed by atoms with Gasteiger partial charge in [0.15, 0.2) is 0 Å². The van der Waals surface area contributed by atoms with Crippen LogP contribution >= 0.6 is 12.4 Å². The molecule has 0 spiro atoms. The van der Waals surface area contributed by atoms with Crippen LogP contribution in [-0.4, -0.2) is 11.1 Å². The quantitative estimate of drug-likeness (QED) is 0.804. The Morgan fingerprint density at radius 1 is 1.12 bits per heavy atom. The highest BCUT2D eigenvalue weighted by Gasteiger charge is 2.14. The molecule has 86 valence electrons. The Labute approximate surface area is 102 Å². The summed E-state index contributed by atoms with van der Waals surface area (Å²) >= 11 is 0. The SMILES string of the molecule is Cl.c1ccc2c(c1)ccn2C1CCCCN1. The van der Waals surface area contributed by atoms with Gasteiger partial charge < -0.3 is 4.57 Å². The lowest BCUT2D eigenvalue weighted by atomic mass is 10.1. The first-order valence-corrected chi connectivity index (χ1v) is 5.74. The summed E-state index contributed by atoms with van der Waals surface area (Å²) in [6.07, 6.45) is 6.60. The van der Waals surface area contributed by atoms with Gasteiger partial charge in [0.1, 0.15) is 0 Å². The molecule has 3 heteroatoms. The molecule has 1 saturated heterocycles. The van der Waals surface area contributed by atoms with Gasteiger partial charge in [0, 0.05) is 11.7 Å². The van der Waals surface area contributed by atoms with Gasteiger partial charge in [-0.1, -0.05) is 18.2 Å². The summed E-state index contributed by atoms with van der Waals surface area (Å²) in [6.45, 7) is 1.15. The number of piperidine rings is 1. The monoisotopic (exact) mass is 236 g/mol. The summed E-state index contributed by atoms with van der Waals surface area (Å²) in [6, 6.07) is 10.8. The number of benzene rings is 1. The van der Waals surface area contributed by atoms with Gasteiger partial charge in [0.05, 0.1) is 6.17 Å². The van der Waals surface area contributed by atoms with E-state index in [-0.39, 0.29) is 12.4 Å². The van der Waals surface area contributed by atoms with Gasteiger partial charge in [-0.25, -0.2) is 0 Å². The van der Waals surface area contributed by atoms with E-state index < -0.39 is 0 Å². The molecule has 0 bridgehead atoms. The second-order valence-electron chi connectivity index (χ2n) is 4.25. The molecule has 0 amide bonds. The van der Waals surface area contributed by atoms with Gasteiger partial charge >= 0.3 is 0 Å². The van der Waals surface area contributed by atoms with E-state index in [1.807, 2.05) is 0 Å². The number of nitrogens with zero attached hydrogens (tertiary/aromatic N) is 1. The van der Waals surface area contributed by atoms with E-state index in [2.05, 4.69) is 46.4 Å². The van der Waals surface area contributed by atoms with Crippen LogP contribution in [0.15, 0.2) is 36.5 Å². The van der Waals surface area contributed by atoms with E-state index in [1.165, 1.54) is 30.2 Å². The van der Waals surface area contributed by atoms with Crippen molar-refractivity contribution in [3.63, 3.8) is 0 Å². The van der Waals surface area contributed by atoms with Crippen LogP contribution in [0.1, 0.15) is 25.4 Å². The maximum absolute atomic E-state index is 3.58. The van der Waals surface area contributed by atoms with Gasteiger partial charge in [-0.3, -0.25) is 5.32 Å².